The lowest BCUT2D eigenvalue weighted by molar-refractivity contribution is -0.137. The number of rotatable bonds is 7. The molecule has 1 aromatic heterocycles. The number of halogens is 3. The lowest BCUT2D eigenvalue weighted by Gasteiger charge is -2.16. The van der Waals surface area contributed by atoms with Crippen molar-refractivity contribution < 1.29 is 42.4 Å². The number of ether oxygens (including phenoxy) is 2. The molecule has 196 valence electrons. The van der Waals surface area contributed by atoms with Gasteiger partial charge in [-0.15, -0.1) is 0 Å². The summed E-state index contributed by atoms with van der Waals surface area (Å²) in [6.45, 7) is -1.28. The zero-order chi connectivity index (χ0) is 26.7. The van der Waals surface area contributed by atoms with Crippen LogP contribution in [0.5, 0.6) is 0 Å². The van der Waals surface area contributed by atoms with Crippen molar-refractivity contribution in [2.75, 3.05) is 31.3 Å². The van der Waals surface area contributed by atoms with E-state index in [1.165, 1.54) is 47.4 Å². The zero-order valence-corrected chi connectivity index (χ0v) is 19.1. The number of alkyl carbamates (subject to hydrolysis) is 1. The zero-order valence-electron chi connectivity index (χ0n) is 19.1. The topological polar surface area (TPSA) is 141 Å². The summed E-state index contributed by atoms with van der Waals surface area (Å²) < 4.78 is 50.5. The molecule has 37 heavy (non-hydrogen) atoms. The number of nitrogens with one attached hydrogen (secondary N) is 2. The van der Waals surface area contributed by atoms with Crippen molar-refractivity contribution in [1.82, 2.24) is 10.3 Å². The minimum atomic E-state index is -4.61. The van der Waals surface area contributed by atoms with E-state index in [9.17, 15) is 27.6 Å². The SMILES string of the molecule is O=C(NC(CO)CO)OC[C@@H]1CN(c2ccc3cc(-c4ccccc4C(F)(F)F)[nH]c(=O)c3c2)C(=O)O1. The van der Waals surface area contributed by atoms with E-state index in [1.807, 2.05) is 0 Å². The van der Waals surface area contributed by atoms with Gasteiger partial charge in [-0.1, -0.05) is 24.3 Å². The van der Waals surface area contributed by atoms with Crippen molar-refractivity contribution in [3.05, 3.63) is 64.4 Å². The molecule has 1 aliphatic rings. The number of amides is 2. The van der Waals surface area contributed by atoms with Crippen molar-refractivity contribution in [2.45, 2.75) is 18.3 Å². The Bertz CT molecular complexity index is 1370. The second kappa shape index (κ2) is 10.5. The summed E-state index contributed by atoms with van der Waals surface area (Å²) in [6.07, 6.45) is -7.09. The van der Waals surface area contributed by atoms with Crippen LogP contribution in [0.4, 0.5) is 28.4 Å². The summed E-state index contributed by atoms with van der Waals surface area (Å²) in [4.78, 5) is 40.6. The molecule has 2 aromatic carbocycles. The number of pyridine rings is 1. The number of H-pyrrole nitrogens is 1. The number of cyclic esters (lactones) is 1. The molecule has 4 rings (SSSR count). The summed E-state index contributed by atoms with van der Waals surface area (Å²) in [5, 5.41) is 20.7. The summed E-state index contributed by atoms with van der Waals surface area (Å²) in [5.74, 6) is 0. The lowest BCUT2D eigenvalue weighted by Crippen LogP contribution is -2.41. The summed E-state index contributed by atoms with van der Waals surface area (Å²) >= 11 is 0. The highest BCUT2D eigenvalue weighted by molar-refractivity contribution is 5.94. The minimum absolute atomic E-state index is 0.00104. The van der Waals surface area contributed by atoms with Crippen molar-refractivity contribution in [3.8, 4) is 11.3 Å². The third-order valence-electron chi connectivity index (χ3n) is 5.70. The van der Waals surface area contributed by atoms with E-state index >= 15 is 0 Å². The number of hydrogen-bond acceptors (Lipinski definition) is 7. The summed E-state index contributed by atoms with van der Waals surface area (Å²) in [5.41, 5.74) is -1.39. The first-order valence-corrected chi connectivity index (χ1v) is 11.1. The number of anilines is 1. The number of alkyl halides is 3. The van der Waals surface area contributed by atoms with Gasteiger partial charge < -0.3 is 30.0 Å². The number of aromatic nitrogens is 1. The smallest absolute Gasteiger partial charge is 0.417 e. The number of nitrogens with zero attached hydrogens (tertiary/aromatic N) is 1. The molecule has 0 bridgehead atoms. The van der Waals surface area contributed by atoms with Gasteiger partial charge in [-0.05, 0) is 29.7 Å². The van der Waals surface area contributed by atoms with Crippen LogP contribution in [0.3, 0.4) is 0 Å². The number of hydrogen-bond donors (Lipinski definition) is 4. The Morgan fingerprint density at radius 1 is 1.16 bits per heavy atom. The molecule has 1 saturated heterocycles. The van der Waals surface area contributed by atoms with Gasteiger partial charge in [-0.25, -0.2) is 9.59 Å². The monoisotopic (exact) mass is 521 g/mol. The molecule has 3 aromatic rings. The van der Waals surface area contributed by atoms with Crippen LogP contribution in [0.1, 0.15) is 5.56 Å². The number of aliphatic hydroxyl groups excluding tert-OH is 2. The first-order chi connectivity index (χ1) is 17.6. The van der Waals surface area contributed by atoms with E-state index in [2.05, 4.69) is 10.3 Å². The molecule has 0 saturated carbocycles. The second-order valence-corrected chi connectivity index (χ2v) is 8.25. The Balaban J connectivity index is 1.52. The molecular formula is C24H22F3N3O7. The molecule has 2 heterocycles. The first kappa shape index (κ1) is 26.0. The fraction of sp³-hybridized carbons (Fsp3) is 0.292. The normalized spacial score (nSPS) is 15.8. The molecule has 1 atom stereocenters. The molecule has 0 radical (unpaired) electrons. The molecule has 0 spiro atoms. The number of carbonyl (C=O) groups excluding carboxylic acids is 2. The number of benzene rings is 2. The van der Waals surface area contributed by atoms with Crippen LogP contribution in [-0.4, -0.2) is 65.9 Å². The molecular weight excluding hydrogens is 499 g/mol. The van der Waals surface area contributed by atoms with Crippen molar-refractivity contribution in [1.29, 1.82) is 0 Å². The quantitative estimate of drug-likeness (QED) is 0.375. The van der Waals surface area contributed by atoms with Crippen LogP contribution in [-0.2, 0) is 15.7 Å². The van der Waals surface area contributed by atoms with E-state index in [0.29, 0.717) is 11.1 Å². The molecule has 4 N–H and O–H groups in total. The van der Waals surface area contributed by atoms with Crippen LogP contribution in [0.15, 0.2) is 53.3 Å². The fourth-order valence-electron chi connectivity index (χ4n) is 3.87. The van der Waals surface area contributed by atoms with E-state index in [1.54, 1.807) is 0 Å². The molecule has 1 aliphatic heterocycles. The minimum Gasteiger partial charge on any atom is -0.446 e. The van der Waals surface area contributed by atoms with Gasteiger partial charge in [0.2, 0.25) is 0 Å². The van der Waals surface area contributed by atoms with Crippen LogP contribution in [0.25, 0.3) is 22.0 Å². The van der Waals surface area contributed by atoms with Gasteiger partial charge in [-0.3, -0.25) is 9.69 Å². The van der Waals surface area contributed by atoms with Gasteiger partial charge >= 0.3 is 18.4 Å². The number of aliphatic hydroxyl groups is 2. The van der Waals surface area contributed by atoms with Crippen LogP contribution in [0.2, 0.25) is 0 Å². The van der Waals surface area contributed by atoms with Crippen molar-refractivity contribution in [2.24, 2.45) is 0 Å². The molecule has 13 heteroatoms. The van der Waals surface area contributed by atoms with Gasteiger partial charge in [0.15, 0.2) is 6.10 Å². The van der Waals surface area contributed by atoms with Gasteiger partial charge in [-0.2, -0.15) is 13.2 Å². The highest BCUT2D eigenvalue weighted by Crippen LogP contribution is 2.36. The third-order valence-corrected chi connectivity index (χ3v) is 5.70. The summed E-state index contributed by atoms with van der Waals surface area (Å²) in [6, 6.07) is 9.88. The summed E-state index contributed by atoms with van der Waals surface area (Å²) in [7, 11) is 0. The first-order valence-electron chi connectivity index (χ1n) is 11.1. The number of aromatic amines is 1. The van der Waals surface area contributed by atoms with Crippen LogP contribution in [0, 0.1) is 0 Å². The average Bonchev–Trinajstić information content (AvgIpc) is 3.25. The van der Waals surface area contributed by atoms with Gasteiger partial charge in [0, 0.05) is 22.3 Å². The Morgan fingerprint density at radius 2 is 1.89 bits per heavy atom. The Kier molecular flexibility index (Phi) is 7.36. The Labute approximate surface area is 207 Å². The van der Waals surface area contributed by atoms with E-state index in [0.717, 1.165) is 6.07 Å². The molecule has 0 unspecified atom stereocenters. The predicted molar refractivity (Wildman–Crippen MR) is 125 cm³/mol. The molecule has 10 nitrogen and oxygen atoms in total. The molecule has 1 fully saturated rings. The van der Waals surface area contributed by atoms with Gasteiger partial charge in [0.05, 0.1) is 31.4 Å². The maximum absolute atomic E-state index is 13.4. The van der Waals surface area contributed by atoms with Crippen LogP contribution < -0.4 is 15.8 Å². The van der Waals surface area contributed by atoms with Gasteiger partial charge in [0.25, 0.3) is 5.56 Å². The second-order valence-electron chi connectivity index (χ2n) is 8.25. The largest absolute Gasteiger partial charge is 0.446 e. The maximum Gasteiger partial charge on any atom is 0.417 e. The van der Waals surface area contributed by atoms with Crippen molar-refractivity contribution in [3.63, 3.8) is 0 Å². The maximum atomic E-state index is 13.4. The van der Waals surface area contributed by atoms with Gasteiger partial charge in [0.1, 0.15) is 6.61 Å². The van der Waals surface area contributed by atoms with E-state index in [-0.39, 0.29) is 29.8 Å². The number of carbonyl (C=O) groups is 2. The third kappa shape index (κ3) is 5.67. The Morgan fingerprint density at radius 3 is 2.59 bits per heavy atom. The fourth-order valence-corrected chi connectivity index (χ4v) is 3.87. The standard InChI is InChI=1S/C24H22F3N3O7/c25-24(26,27)19-4-2-1-3-17(19)20-7-13-5-6-15(8-18(13)21(33)29-20)30-9-16(37-23(30)35)12-36-22(34)28-14(10-31)11-32/h1-8,14,16,31-32H,9-12H2,(H,28,34)(H,29,33)/t16-/m0/s1. The number of fused-ring (bicyclic) bond motifs is 1. The molecule has 0 aliphatic carbocycles. The Hall–Kier alpha value is -4.10. The van der Waals surface area contributed by atoms with Crippen LogP contribution >= 0.6 is 0 Å². The highest BCUT2D eigenvalue weighted by atomic mass is 19.4. The lowest BCUT2D eigenvalue weighted by atomic mass is 10.0. The van der Waals surface area contributed by atoms with E-state index < -0.39 is 54.8 Å². The average molecular weight is 521 g/mol. The van der Waals surface area contributed by atoms with Crippen molar-refractivity contribution >= 4 is 28.6 Å². The predicted octanol–water partition coefficient (Wildman–Crippen LogP) is 2.62. The highest BCUT2D eigenvalue weighted by Gasteiger charge is 2.35. The van der Waals surface area contributed by atoms with E-state index in [4.69, 9.17) is 19.7 Å². The molecule has 2 amide bonds.